The molecule has 252 valence electrons. The first-order valence-electron chi connectivity index (χ1n) is 16.1. The Morgan fingerprint density at radius 3 is 2.23 bits per heavy atom. The molecule has 3 aromatic rings. The molecule has 2 aliphatic heterocycles. The van der Waals surface area contributed by atoms with E-state index >= 15 is 0 Å². The van der Waals surface area contributed by atoms with Crippen LogP contribution in [0.2, 0.25) is 0 Å². The topological polar surface area (TPSA) is 130 Å². The van der Waals surface area contributed by atoms with Crippen LogP contribution in [0.5, 0.6) is 0 Å². The summed E-state index contributed by atoms with van der Waals surface area (Å²) in [6.07, 6.45) is 3.99. The van der Waals surface area contributed by atoms with Crippen molar-refractivity contribution in [1.82, 2.24) is 9.80 Å². The third-order valence-electron chi connectivity index (χ3n) is 9.31. The van der Waals surface area contributed by atoms with Gasteiger partial charge >= 0.3 is 5.97 Å². The number of hydrogen-bond donors (Lipinski definition) is 2. The molecule has 1 unspecified atom stereocenters. The molecule has 2 aromatic carbocycles. The number of carbonyl (C=O) groups is 2. The fourth-order valence-corrected chi connectivity index (χ4v) is 6.61. The van der Waals surface area contributed by atoms with Gasteiger partial charge in [-0.15, -0.1) is 0 Å². The van der Waals surface area contributed by atoms with Crippen LogP contribution in [0.3, 0.4) is 0 Å². The molecule has 11 heteroatoms. The molecule has 0 bridgehead atoms. The van der Waals surface area contributed by atoms with Crippen molar-refractivity contribution in [2.24, 2.45) is 11.1 Å². The first-order chi connectivity index (χ1) is 22.4. The summed E-state index contributed by atoms with van der Waals surface area (Å²) in [7, 11) is 0. The van der Waals surface area contributed by atoms with Crippen molar-refractivity contribution in [3.63, 3.8) is 0 Å². The zero-order valence-electron chi connectivity index (χ0n) is 27.6. The van der Waals surface area contributed by atoms with Gasteiger partial charge in [-0.25, -0.2) is 4.79 Å². The van der Waals surface area contributed by atoms with Gasteiger partial charge < -0.3 is 25.2 Å². The number of aliphatic carboxylic acids is 1. The smallest absolute Gasteiger partial charge is 0.337 e. The van der Waals surface area contributed by atoms with E-state index < -0.39 is 12.1 Å². The molecular formula is C36H45BrN4O6. The largest absolute Gasteiger partial charge is 0.618 e. The maximum Gasteiger partial charge on any atom is 0.337 e. The maximum absolute atomic E-state index is 13.3. The highest BCUT2D eigenvalue weighted by Crippen LogP contribution is 2.34. The lowest BCUT2D eigenvalue weighted by Crippen LogP contribution is -2.57. The minimum absolute atomic E-state index is 0.0257. The standard InChI is InChI=1S/C28H37BrN4O3.C8H8O3/c1-5-36-30-26(22-6-8-24(29)9-7-22)23-11-15-32(16-12-23)28(4)13-18-31(19-14-28)27(34)25-20(2)10-17-33(35)21(25)3;9-7(8(10)11)6-4-2-1-3-5-6/h6-10,17,23H,5,11-16,18-19H2,1-4H3;1-5,7,9H,(H,10,11)/b30-26-;. The van der Waals surface area contributed by atoms with Gasteiger partial charge in [-0.1, -0.05) is 63.6 Å². The number of carboxylic acid groups (broad SMARTS) is 1. The quantitative estimate of drug-likeness (QED) is 0.134. The number of amides is 1. The van der Waals surface area contributed by atoms with Crippen LogP contribution in [0.4, 0.5) is 0 Å². The van der Waals surface area contributed by atoms with Crippen molar-refractivity contribution in [3.05, 3.63) is 104 Å². The summed E-state index contributed by atoms with van der Waals surface area (Å²) in [6.45, 7) is 11.9. The number of hydrogen-bond acceptors (Lipinski definition) is 7. The van der Waals surface area contributed by atoms with Gasteiger partial charge in [0, 0.05) is 42.0 Å². The normalized spacial score (nSPS) is 17.7. The lowest BCUT2D eigenvalue weighted by Gasteiger charge is -2.49. The minimum atomic E-state index is -1.41. The Morgan fingerprint density at radius 2 is 1.66 bits per heavy atom. The molecular weight excluding hydrogens is 664 g/mol. The van der Waals surface area contributed by atoms with Crippen LogP contribution in [-0.2, 0) is 9.63 Å². The highest BCUT2D eigenvalue weighted by atomic mass is 79.9. The van der Waals surface area contributed by atoms with E-state index in [-0.39, 0.29) is 11.4 Å². The highest BCUT2D eigenvalue weighted by Gasteiger charge is 2.40. The van der Waals surface area contributed by atoms with E-state index in [1.165, 1.54) is 6.20 Å². The van der Waals surface area contributed by atoms with Gasteiger partial charge in [0.2, 0.25) is 5.69 Å². The average molecular weight is 710 g/mol. The Bertz CT molecular complexity index is 1530. The summed E-state index contributed by atoms with van der Waals surface area (Å²) < 4.78 is 1.84. The fraction of sp³-hybridized carbons (Fsp3) is 0.444. The second-order valence-corrected chi connectivity index (χ2v) is 13.3. The molecule has 5 rings (SSSR count). The molecule has 2 aliphatic rings. The van der Waals surface area contributed by atoms with Crippen LogP contribution in [0.25, 0.3) is 0 Å². The number of oxime groups is 1. The molecule has 2 fully saturated rings. The van der Waals surface area contributed by atoms with Gasteiger partial charge in [0.25, 0.3) is 5.91 Å². The number of carbonyl (C=O) groups excluding carboxylic acids is 1. The Labute approximate surface area is 285 Å². The average Bonchev–Trinajstić information content (AvgIpc) is 3.08. The van der Waals surface area contributed by atoms with Gasteiger partial charge in [-0.3, -0.25) is 9.69 Å². The third-order valence-corrected chi connectivity index (χ3v) is 9.84. The van der Waals surface area contributed by atoms with Crippen LogP contribution in [0.1, 0.15) is 78.4 Å². The second-order valence-electron chi connectivity index (χ2n) is 12.4. The summed E-state index contributed by atoms with van der Waals surface area (Å²) in [4.78, 5) is 33.5. The molecule has 2 N–H and O–H groups in total. The lowest BCUT2D eigenvalue weighted by atomic mass is 9.82. The third kappa shape index (κ3) is 8.97. The van der Waals surface area contributed by atoms with Crippen molar-refractivity contribution in [3.8, 4) is 0 Å². The number of halogens is 1. The number of likely N-dealkylation sites (tertiary alicyclic amines) is 2. The zero-order valence-corrected chi connectivity index (χ0v) is 29.1. The van der Waals surface area contributed by atoms with Crippen LogP contribution >= 0.6 is 15.9 Å². The molecule has 1 amide bonds. The van der Waals surface area contributed by atoms with Crippen LogP contribution in [-0.4, -0.2) is 75.9 Å². The fourth-order valence-electron chi connectivity index (χ4n) is 6.35. The number of benzene rings is 2. The van der Waals surface area contributed by atoms with Crippen LogP contribution in [0, 0.1) is 25.0 Å². The Kier molecular flexibility index (Phi) is 12.5. The van der Waals surface area contributed by atoms with Gasteiger partial charge in [0.15, 0.2) is 12.3 Å². The molecule has 47 heavy (non-hydrogen) atoms. The Balaban J connectivity index is 0.000000385. The van der Waals surface area contributed by atoms with Gasteiger partial charge in [-0.2, -0.15) is 4.73 Å². The highest BCUT2D eigenvalue weighted by molar-refractivity contribution is 9.10. The number of nitrogens with zero attached hydrogens (tertiary/aromatic N) is 4. The number of rotatable bonds is 8. The lowest BCUT2D eigenvalue weighted by molar-refractivity contribution is -0.612. The van der Waals surface area contributed by atoms with Crippen LogP contribution in [0.15, 0.2) is 76.5 Å². The van der Waals surface area contributed by atoms with Crippen molar-refractivity contribution >= 4 is 33.5 Å². The van der Waals surface area contributed by atoms with Crippen molar-refractivity contribution in [2.75, 3.05) is 32.8 Å². The maximum atomic E-state index is 13.3. The summed E-state index contributed by atoms with van der Waals surface area (Å²) in [5, 5.41) is 33.9. The monoisotopic (exact) mass is 708 g/mol. The molecule has 2 saturated heterocycles. The van der Waals surface area contributed by atoms with Crippen LogP contribution < -0.4 is 4.73 Å². The summed E-state index contributed by atoms with van der Waals surface area (Å²) in [5.74, 6) is -0.888. The van der Waals surface area contributed by atoms with Gasteiger partial charge in [0.05, 0.1) is 5.71 Å². The molecule has 0 saturated carbocycles. The van der Waals surface area contributed by atoms with E-state index in [1.54, 1.807) is 43.3 Å². The van der Waals surface area contributed by atoms with Gasteiger partial charge in [-0.05, 0) is 88.4 Å². The summed E-state index contributed by atoms with van der Waals surface area (Å²) in [6, 6.07) is 18.3. The first kappa shape index (κ1) is 36.0. The van der Waals surface area contributed by atoms with E-state index in [9.17, 15) is 14.8 Å². The first-order valence-corrected chi connectivity index (χ1v) is 16.9. The number of aliphatic hydroxyl groups is 1. The molecule has 3 heterocycles. The second kappa shape index (κ2) is 16.3. The molecule has 1 atom stereocenters. The molecule has 0 aliphatic carbocycles. The number of pyridine rings is 1. The van der Waals surface area contributed by atoms with E-state index in [2.05, 4.69) is 57.2 Å². The van der Waals surface area contributed by atoms with E-state index in [0.29, 0.717) is 42.4 Å². The molecule has 10 nitrogen and oxygen atoms in total. The van der Waals surface area contributed by atoms with Crippen molar-refractivity contribution in [2.45, 2.75) is 65.0 Å². The predicted octanol–water partition coefficient (Wildman–Crippen LogP) is 5.65. The Hall–Kier alpha value is -3.80. The summed E-state index contributed by atoms with van der Waals surface area (Å²) >= 11 is 3.52. The van der Waals surface area contributed by atoms with E-state index in [1.807, 2.05) is 18.7 Å². The minimum Gasteiger partial charge on any atom is -0.618 e. The van der Waals surface area contributed by atoms with Gasteiger partial charge in [0.1, 0.15) is 12.2 Å². The van der Waals surface area contributed by atoms with Crippen molar-refractivity contribution in [1.29, 1.82) is 0 Å². The number of aryl methyl sites for hydroxylation is 1. The number of aromatic nitrogens is 1. The van der Waals surface area contributed by atoms with E-state index in [4.69, 9.17) is 15.1 Å². The SMILES string of the molecule is CCO/N=C(/c1ccc(Br)cc1)C1CCN(C2(C)CCN(C(=O)c3c(C)cc[n+]([O-])c3C)CC2)CC1.O=C(O)C(O)c1ccccc1. The van der Waals surface area contributed by atoms with E-state index in [0.717, 1.165) is 64.8 Å². The predicted molar refractivity (Wildman–Crippen MR) is 184 cm³/mol. The summed E-state index contributed by atoms with van der Waals surface area (Å²) in [5.41, 5.74) is 4.51. The molecule has 0 spiro atoms. The zero-order chi connectivity index (χ0) is 34.1. The number of aliphatic hydroxyl groups excluding tert-OH is 1. The molecule has 1 aromatic heterocycles. The number of piperidine rings is 2. The number of carboxylic acids is 1. The molecule has 0 radical (unpaired) electrons. The van der Waals surface area contributed by atoms with Crippen molar-refractivity contribution < 1.29 is 29.4 Å². The Morgan fingerprint density at radius 1 is 1.04 bits per heavy atom.